The molecule has 0 saturated carbocycles. The molecule has 0 atom stereocenters. The smallest absolute Gasteiger partial charge is 0.394 e. The maximum absolute atomic E-state index is 12.0. The minimum Gasteiger partial charge on any atom is -0.394 e. The third-order valence-corrected chi connectivity index (χ3v) is 1.56. The molecular weight excluding hydrogens is 245 g/mol. The Labute approximate surface area is 91.4 Å². The number of alkyl halides is 3. The molecule has 0 amide bonds. The molecule has 0 fully saturated rings. The lowest BCUT2D eigenvalue weighted by molar-refractivity contribution is -0.388. The van der Waals surface area contributed by atoms with Crippen LogP contribution in [0.15, 0.2) is 6.20 Å². The molecule has 0 spiro atoms. The fourth-order valence-corrected chi connectivity index (χ4v) is 0.977. The van der Waals surface area contributed by atoms with Crippen molar-refractivity contribution in [1.29, 1.82) is 5.26 Å². The minimum absolute atomic E-state index is 0.677. The van der Waals surface area contributed by atoms with Crippen molar-refractivity contribution in [3.8, 4) is 11.8 Å². The Morgan fingerprint density at radius 1 is 1.59 bits per heavy atom. The van der Waals surface area contributed by atoms with E-state index in [1.54, 1.807) is 0 Å². The quantitative estimate of drug-likeness (QED) is 0.623. The molecule has 90 valence electrons. The molecule has 0 unspecified atom stereocenters. The van der Waals surface area contributed by atoms with E-state index in [2.05, 4.69) is 9.72 Å². The molecule has 1 heterocycles. The lowest BCUT2D eigenvalue weighted by atomic mass is 10.2. The van der Waals surface area contributed by atoms with Gasteiger partial charge in [-0.15, -0.1) is 13.2 Å². The molecular formula is C7H3F3N4O3. The minimum atomic E-state index is -5.17. The van der Waals surface area contributed by atoms with Crippen LogP contribution in [0.1, 0.15) is 5.56 Å². The number of aromatic nitrogens is 1. The van der Waals surface area contributed by atoms with Gasteiger partial charge in [-0.05, 0) is 0 Å². The molecule has 17 heavy (non-hydrogen) atoms. The van der Waals surface area contributed by atoms with Gasteiger partial charge in [-0.25, -0.2) is 4.98 Å². The highest BCUT2D eigenvalue weighted by atomic mass is 19.4. The Bertz CT molecular complexity index is 508. The molecule has 0 bridgehead atoms. The van der Waals surface area contributed by atoms with Gasteiger partial charge in [-0.2, -0.15) is 5.26 Å². The number of hydrogen-bond donors (Lipinski definition) is 1. The standard InChI is InChI=1S/C7H3F3N4O3/c8-7(9,10)17-5-4(14(15)16)3(1-11)2-13-6(5)12/h2H,(H2,12,13). The van der Waals surface area contributed by atoms with E-state index in [-0.39, 0.29) is 0 Å². The maximum atomic E-state index is 12.0. The van der Waals surface area contributed by atoms with Gasteiger partial charge in [0.25, 0.3) is 0 Å². The zero-order valence-electron chi connectivity index (χ0n) is 7.85. The number of nitro groups is 1. The normalized spacial score (nSPS) is 10.7. The van der Waals surface area contributed by atoms with Crippen molar-refractivity contribution in [2.24, 2.45) is 0 Å². The molecule has 7 nitrogen and oxygen atoms in total. The number of hydrogen-bond acceptors (Lipinski definition) is 6. The van der Waals surface area contributed by atoms with Gasteiger partial charge >= 0.3 is 12.0 Å². The fraction of sp³-hybridized carbons (Fsp3) is 0.143. The van der Waals surface area contributed by atoms with Crippen molar-refractivity contribution in [3.05, 3.63) is 21.9 Å². The fourth-order valence-electron chi connectivity index (χ4n) is 0.977. The predicted molar refractivity (Wildman–Crippen MR) is 46.7 cm³/mol. The Balaban J connectivity index is 3.46. The van der Waals surface area contributed by atoms with Crippen molar-refractivity contribution < 1.29 is 22.8 Å². The lowest BCUT2D eigenvalue weighted by Gasteiger charge is -2.10. The second-order valence-corrected chi connectivity index (χ2v) is 2.65. The predicted octanol–water partition coefficient (Wildman–Crippen LogP) is 1.34. The molecule has 1 aromatic heterocycles. The van der Waals surface area contributed by atoms with E-state index in [9.17, 15) is 23.3 Å². The Hall–Kier alpha value is -2.57. The first kappa shape index (κ1) is 12.5. The van der Waals surface area contributed by atoms with Crippen molar-refractivity contribution in [3.63, 3.8) is 0 Å². The number of nitrogens with two attached hydrogens (primary N) is 1. The summed E-state index contributed by atoms with van der Waals surface area (Å²) in [6, 6.07) is 1.32. The van der Waals surface area contributed by atoms with Crippen molar-refractivity contribution in [2.75, 3.05) is 5.73 Å². The van der Waals surface area contributed by atoms with E-state index in [1.807, 2.05) is 0 Å². The summed E-state index contributed by atoms with van der Waals surface area (Å²) in [5.41, 5.74) is 3.19. The molecule has 1 rings (SSSR count). The highest BCUT2D eigenvalue weighted by Gasteiger charge is 2.37. The summed E-state index contributed by atoms with van der Waals surface area (Å²) in [6.07, 6.45) is -4.48. The van der Waals surface area contributed by atoms with Crippen LogP contribution in [0, 0.1) is 21.4 Å². The SMILES string of the molecule is N#Cc1cnc(N)c(OC(F)(F)F)c1[N+](=O)[O-]. The Morgan fingerprint density at radius 2 is 2.18 bits per heavy atom. The van der Waals surface area contributed by atoms with Crippen LogP contribution in [0.2, 0.25) is 0 Å². The molecule has 0 aliphatic carbocycles. The molecule has 0 aromatic carbocycles. The average Bonchev–Trinajstić information content (AvgIpc) is 2.18. The summed E-state index contributed by atoms with van der Waals surface area (Å²) in [4.78, 5) is 12.6. The zero-order valence-corrected chi connectivity index (χ0v) is 7.85. The maximum Gasteiger partial charge on any atom is 0.573 e. The summed E-state index contributed by atoms with van der Waals surface area (Å²) in [7, 11) is 0. The van der Waals surface area contributed by atoms with Crippen molar-refractivity contribution in [1.82, 2.24) is 4.98 Å². The van der Waals surface area contributed by atoms with E-state index >= 15 is 0 Å². The highest BCUT2D eigenvalue weighted by molar-refractivity contribution is 5.65. The van der Waals surface area contributed by atoms with Gasteiger partial charge in [0, 0.05) is 0 Å². The third kappa shape index (κ3) is 2.71. The third-order valence-electron chi connectivity index (χ3n) is 1.56. The van der Waals surface area contributed by atoms with Crippen molar-refractivity contribution in [2.45, 2.75) is 6.36 Å². The van der Waals surface area contributed by atoms with Crippen LogP contribution >= 0.6 is 0 Å². The van der Waals surface area contributed by atoms with Gasteiger partial charge in [0.1, 0.15) is 6.07 Å². The largest absolute Gasteiger partial charge is 0.573 e. The molecule has 0 aliphatic rings. The topological polar surface area (TPSA) is 115 Å². The number of halogens is 3. The second kappa shape index (κ2) is 4.12. The van der Waals surface area contributed by atoms with Gasteiger partial charge < -0.3 is 10.5 Å². The first-order valence-corrected chi connectivity index (χ1v) is 3.85. The van der Waals surface area contributed by atoms with Crippen LogP contribution in [-0.4, -0.2) is 16.3 Å². The zero-order chi connectivity index (χ0) is 13.2. The summed E-state index contributed by atoms with van der Waals surface area (Å²) < 4.78 is 39.4. The monoisotopic (exact) mass is 248 g/mol. The van der Waals surface area contributed by atoms with Crippen LogP contribution in [0.4, 0.5) is 24.7 Å². The molecule has 0 radical (unpaired) electrons. The number of nitrogen functional groups attached to an aromatic ring is 1. The summed E-state index contributed by atoms with van der Waals surface area (Å²) in [5.74, 6) is -2.12. The number of nitriles is 1. The Morgan fingerprint density at radius 3 is 2.59 bits per heavy atom. The Kier molecular flexibility index (Phi) is 3.03. The molecule has 2 N–H and O–H groups in total. The van der Waals surface area contributed by atoms with Crippen LogP contribution in [-0.2, 0) is 0 Å². The van der Waals surface area contributed by atoms with Gasteiger partial charge in [0.15, 0.2) is 11.4 Å². The average molecular weight is 248 g/mol. The van der Waals surface area contributed by atoms with Crippen LogP contribution in [0.5, 0.6) is 5.75 Å². The van der Waals surface area contributed by atoms with Gasteiger partial charge in [-0.3, -0.25) is 10.1 Å². The van der Waals surface area contributed by atoms with Crippen molar-refractivity contribution >= 4 is 11.5 Å². The summed E-state index contributed by atoms with van der Waals surface area (Å²) in [5, 5.41) is 19.1. The molecule has 0 saturated heterocycles. The van der Waals surface area contributed by atoms with Gasteiger partial charge in [-0.1, -0.05) is 0 Å². The van der Waals surface area contributed by atoms with Gasteiger partial charge in [0.2, 0.25) is 5.75 Å². The summed E-state index contributed by atoms with van der Waals surface area (Å²) in [6.45, 7) is 0. The number of pyridine rings is 1. The van der Waals surface area contributed by atoms with Crippen LogP contribution in [0.3, 0.4) is 0 Å². The van der Waals surface area contributed by atoms with Gasteiger partial charge in [0.05, 0.1) is 11.1 Å². The number of anilines is 1. The summed E-state index contributed by atoms with van der Waals surface area (Å²) >= 11 is 0. The van der Waals surface area contributed by atoms with Crippen LogP contribution < -0.4 is 10.5 Å². The first-order valence-electron chi connectivity index (χ1n) is 3.85. The van der Waals surface area contributed by atoms with E-state index in [4.69, 9.17) is 11.0 Å². The van der Waals surface area contributed by atoms with E-state index in [0.29, 0.717) is 6.20 Å². The van der Waals surface area contributed by atoms with Crippen LogP contribution in [0.25, 0.3) is 0 Å². The number of nitrogens with zero attached hydrogens (tertiary/aromatic N) is 3. The lowest BCUT2D eigenvalue weighted by Crippen LogP contribution is -2.19. The number of rotatable bonds is 2. The van der Waals surface area contributed by atoms with E-state index in [0.717, 1.165) is 0 Å². The molecule has 1 aromatic rings. The molecule has 0 aliphatic heterocycles. The van der Waals surface area contributed by atoms with E-state index in [1.165, 1.54) is 6.07 Å². The molecule has 10 heteroatoms. The van der Waals surface area contributed by atoms with E-state index < -0.39 is 34.1 Å². The highest BCUT2D eigenvalue weighted by Crippen LogP contribution is 2.37. The first-order chi connectivity index (χ1) is 7.76. The second-order valence-electron chi connectivity index (χ2n) is 2.65. The number of ether oxygens (including phenoxy) is 1.